The fourth-order valence-corrected chi connectivity index (χ4v) is 4.86. The zero-order valence-corrected chi connectivity index (χ0v) is 19.6. The minimum atomic E-state index is -0.375. The van der Waals surface area contributed by atoms with Gasteiger partial charge in [0.15, 0.2) is 0 Å². The second-order valence-corrected chi connectivity index (χ2v) is 9.51. The number of carbonyl (C=O) groups is 1. The highest BCUT2D eigenvalue weighted by molar-refractivity contribution is 5.94. The number of piperidine rings is 1. The highest BCUT2D eigenvalue weighted by atomic mass is 19.1. The van der Waals surface area contributed by atoms with Gasteiger partial charge in [-0.05, 0) is 57.0 Å². The van der Waals surface area contributed by atoms with Gasteiger partial charge in [-0.3, -0.25) is 9.69 Å². The summed E-state index contributed by atoms with van der Waals surface area (Å²) >= 11 is 0. The molecule has 2 aromatic carbocycles. The molecule has 2 aromatic rings. The molecule has 0 bridgehead atoms. The van der Waals surface area contributed by atoms with Crippen molar-refractivity contribution in [3.63, 3.8) is 0 Å². The van der Waals surface area contributed by atoms with Crippen LogP contribution in [0, 0.1) is 11.2 Å². The van der Waals surface area contributed by atoms with Gasteiger partial charge in [-0.15, -0.1) is 0 Å². The maximum absolute atomic E-state index is 13.6. The highest BCUT2D eigenvalue weighted by Gasteiger charge is 2.37. The summed E-state index contributed by atoms with van der Waals surface area (Å²) in [6.45, 7) is 5.22. The Morgan fingerprint density at radius 3 is 2.61 bits per heavy atom. The minimum absolute atomic E-state index is 0.0296. The lowest BCUT2D eigenvalue weighted by Crippen LogP contribution is -2.45. The molecular formula is C27H35FN2O3. The molecule has 1 fully saturated rings. The molecule has 0 aliphatic carbocycles. The van der Waals surface area contributed by atoms with Gasteiger partial charge in [0.05, 0.1) is 13.2 Å². The molecule has 4 rings (SSSR count). The van der Waals surface area contributed by atoms with Crippen LogP contribution in [0.3, 0.4) is 0 Å². The Kier molecular flexibility index (Phi) is 7.99. The van der Waals surface area contributed by atoms with Crippen LogP contribution in [0.25, 0.3) is 0 Å². The van der Waals surface area contributed by atoms with E-state index in [0.717, 1.165) is 64.2 Å². The molecule has 1 saturated heterocycles. The summed E-state index contributed by atoms with van der Waals surface area (Å²) in [5.74, 6) is 0.480. The van der Waals surface area contributed by atoms with Crippen LogP contribution in [0.15, 0.2) is 48.5 Å². The van der Waals surface area contributed by atoms with E-state index in [1.165, 1.54) is 17.7 Å². The summed E-state index contributed by atoms with van der Waals surface area (Å²) in [6, 6.07) is 14.2. The first kappa shape index (κ1) is 23.7. The van der Waals surface area contributed by atoms with Crippen molar-refractivity contribution in [2.75, 3.05) is 46.5 Å². The second kappa shape index (κ2) is 11.1. The van der Waals surface area contributed by atoms with Gasteiger partial charge in [0, 0.05) is 49.3 Å². The predicted octanol–water partition coefficient (Wildman–Crippen LogP) is 4.76. The lowest BCUT2D eigenvalue weighted by molar-refractivity contribution is 0.0333. The van der Waals surface area contributed by atoms with Crippen molar-refractivity contribution in [3.05, 3.63) is 65.5 Å². The molecule has 0 radical (unpaired) electrons. The number of ether oxygens (including phenoxy) is 2. The van der Waals surface area contributed by atoms with E-state index < -0.39 is 0 Å². The molecule has 0 aromatic heterocycles. The third-order valence-corrected chi connectivity index (χ3v) is 6.99. The molecule has 5 nitrogen and oxygen atoms in total. The van der Waals surface area contributed by atoms with Gasteiger partial charge in [-0.25, -0.2) is 4.39 Å². The number of fused-ring (bicyclic) bond motifs is 1. The van der Waals surface area contributed by atoms with Crippen molar-refractivity contribution < 1.29 is 18.7 Å². The number of likely N-dealkylation sites (tertiary alicyclic amines) is 1. The van der Waals surface area contributed by atoms with Gasteiger partial charge in [0.2, 0.25) is 0 Å². The molecule has 6 heteroatoms. The molecule has 2 heterocycles. The van der Waals surface area contributed by atoms with E-state index in [-0.39, 0.29) is 17.1 Å². The summed E-state index contributed by atoms with van der Waals surface area (Å²) in [4.78, 5) is 17.0. The van der Waals surface area contributed by atoms with Gasteiger partial charge in [-0.2, -0.15) is 0 Å². The monoisotopic (exact) mass is 454 g/mol. The highest BCUT2D eigenvalue weighted by Crippen LogP contribution is 2.38. The Morgan fingerprint density at radius 2 is 1.79 bits per heavy atom. The SMILES string of the molecule is CN1CCOCCCCC2(CCN(C(=O)c3cccc(F)c3)CC2)COc2ccccc2C1. The van der Waals surface area contributed by atoms with Crippen molar-refractivity contribution in [2.24, 2.45) is 5.41 Å². The lowest BCUT2D eigenvalue weighted by atomic mass is 9.75. The number of likely N-dealkylation sites (N-methyl/N-ethyl adjacent to an activating group) is 1. The molecule has 1 spiro atoms. The molecule has 0 N–H and O–H groups in total. The standard InChI is InChI=1S/C27H35FN2O3/c1-29-16-18-32-17-5-4-11-27(21-33-25-10-3-2-7-23(25)20-29)12-14-30(15-13-27)26(31)22-8-6-9-24(28)19-22/h2-3,6-10,19H,4-5,11-18,20-21H2,1H3. The number of amides is 1. The number of nitrogens with zero attached hydrogens (tertiary/aromatic N) is 2. The third-order valence-electron chi connectivity index (χ3n) is 6.99. The largest absolute Gasteiger partial charge is 0.493 e. The first-order valence-electron chi connectivity index (χ1n) is 12.1. The molecule has 178 valence electrons. The third kappa shape index (κ3) is 6.33. The summed E-state index contributed by atoms with van der Waals surface area (Å²) in [5, 5.41) is 0. The molecule has 0 unspecified atom stereocenters. The van der Waals surface area contributed by atoms with Crippen LogP contribution in [-0.4, -0.2) is 62.2 Å². The zero-order chi connectivity index (χ0) is 23.1. The normalized spacial score (nSPS) is 20.5. The Labute approximate surface area is 196 Å². The summed E-state index contributed by atoms with van der Waals surface area (Å²) < 4.78 is 25.9. The van der Waals surface area contributed by atoms with Crippen LogP contribution in [0.2, 0.25) is 0 Å². The molecule has 1 amide bonds. The average Bonchev–Trinajstić information content (AvgIpc) is 2.82. The summed E-state index contributed by atoms with van der Waals surface area (Å²) in [6.07, 6.45) is 4.95. The number of para-hydroxylation sites is 1. The topological polar surface area (TPSA) is 42.0 Å². The predicted molar refractivity (Wildman–Crippen MR) is 127 cm³/mol. The van der Waals surface area contributed by atoms with Crippen molar-refractivity contribution in [1.82, 2.24) is 9.80 Å². The summed E-state index contributed by atoms with van der Waals surface area (Å²) in [7, 11) is 2.11. The number of hydrogen-bond acceptors (Lipinski definition) is 4. The van der Waals surface area contributed by atoms with E-state index in [9.17, 15) is 9.18 Å². The van der Waals surface area contributed by atoms with Gasteiger partial charge in [-0.1, -0.05) is 30.7 Å². The molecule has 2 aliphatic heterocycles. The first-order valence-corrected chi connectivity index (χ1v) is 12.1. The van der Waals surface area contributed by atoms with Crippen molar-refractivity contribution in [3.8, 4) is 5.75 Å². The van der Waals surface area contributed by atoms with Crippen molar-refractivity contribution in [1.29, 1.82) is 0 Å². The number of hydrogen-bond donors (Lipinski definition) is 0. The molecule has 2 aliphatic rings. The van der Waals surface area contributed by atoms with E-state index in [2.05, 4.69) is 30.1 Å². The molecule has 33 heavy (non-hydrogen) atoms. The fraction of sp³-hybridized carbons (Fsp3) is 0.519. The van der Waals surface area contributed by atoms with E-state index >= 15 is 0 Å². The Hall–Kier alpha value is -2.44. The number of halogens is 1. The van der Waals surface area contributed by atoms with E-state index in [0.29, 0.717) is 25.3 Å². The van der Waals surface area contributed by atoms with Crippen LogP contribution < -0.4 is 4.74 Å². The number of carbonyl (C=O) groups excluding carboxylic acids is 1. The van der Waals surface area contributed by atoms with Crippen molar-refractivity contribution >= 4 is 5.91 Å². The lowest BCUT2D eigenvalue weighted by Gasteiger charge is -2.42. The second-order valence-electron chi connectivity index (χ2n) is 9.51. The Morgan fingerprint density at radius 1 is 0.970 bits per heavy atom. The van der Waals surface area contributed by atoms with Crippen LogP contribution in [-0.2, 0) is 11.3 Å². The quantitative estimate of drug-likeness (QED) is 0.623. The molecule has 0 atom stereocenters. The van der Waals surface area contributed by atoms with Crippen LogP contribution in [0.5, 0.6) is 5.75 Å². The fourth-order valence-electron chi connectivity index (χ4n) is 4.86. The maximum atomic E-state index is 13.6. The van der Waals surface area contributed by atoms with Gasteiger partial charge < -0.3 is 14.4 Å². The zero-order valence-electron chi connectivity index (χ0n) is 19.6. The number of benzene rings is 2. The first-order chi connectivity index (χ1) is 16.0. The van der Waals surface area contributed by atoms with E-state index in [1.807, 2.05) is 11.0 Å². The number of rotatable bonds is 1. The smallest absolute Gasteiger partial charge is 0.253 e. The van der Waals surface area contributed by atoms with Crippen molar-refractivity contribution in [2.45, 2.75) is 38.6 Å². The van der Waals surface area contributed by atoms with Crippen LogP contribution >= 0.6 is 0 Å². The molecule has 0 saturated carbocycles. The van der Waals surface area contributed by atoms with Crippen LogP contribution in [0.4, 0.5) is 4.39 Å². The molecular weight excluding hydrogens is 419 g/mol. The van der Waals surface area contributed by atoms with Gasteiger partial charge in [0.25, 0.3) is 5.91 Å². The Bertz CT molecular complexity index is 927. The van der Waals surface area contributed by atoms with Gasteiger partial charge >= 0.3 is 0 Å². The maximum Gasteiger partial charge on any atom is 0.253 e. The average molecular weight is 455 g/mol. The van der Waals surface area contributed by atoms with Gasteiger partial charge in [0.1, 0.15) is 11.6 Å². The summed E-state index contributed by atoms with van der Waals surface area (Å²) in [5.41, 5.74) is 1.64. The Balaban J connectivity index is 1.46. The minimum Gasteiger partial charge on any atom is -0.493 e. The van der Waals surface area contributed by atoms with E-state index in [1.54, 1.807) is 12.1 Å². The van der Waals surface area contributed by atoms with E-state index in [4.69, 9.17) is 9.47 Å². The van der Waals surface area contributed by atoms with Crippen LogP contribution in [0.1, 0.15) is 48.0 Å².